The Kier molecular flexibility index (Phi) is 3.58. The van der Waals surface area contributed by atoms with Gasteiger partial charge in [-0.1, -0.05) is 12.1 Å². The Bertz CT molecular complexity index is 518. The first-order valence-electron chi connectivity index (χ1n) is 5.46. The summed E-state index contributed by atoms with van der Waals surface area (Å²) in [7, 11) is -3.45. The molecule has 1 aliphatic rings. The average Bonchev–Trinajstić information content (AvgIpc) is 2.60. The molecule has 1 aromatic carbocycles. The lowest BCUT2D eigenvalue weighted by Gasteiger charge is -2.23. The molecular formula is C11H15BrN2O2S. The van der Waals surface area contributed by atoms with Crippen LogP contribution in [0.25, 0.3) is 0 Å². The minimum absolute atomic E-state index is 0.0766. The second-order valence-corrected chi connectivity index (χ2v) is 6.95. The lowest BCUT2D eigenvalue weighted by atomic mass is 10.2. The Hall–Kier alpha value is -0.430. The average molecular weight is 319 g/mol. The van der Waals surface area contributed by atoms with E-state index in [9.17, 15) is 8.42 Å². The number of benzene rings is 1. The topological polar surface area (TPSA) is 63.4 Å². The summed E-state index contributed by atoms with van der Waals surface area (Å²) in [5.41, 5.74) is 5.86. The summed E-state index contributed by atoms with van der Waals surface area (Å²) in [5, 5.41) is 0. The Labute approximate surface area is 110 Å². The molecule has 0 saturated carbocycles. The molecule has 0 aliphatic carbocycles. The minimum atomic E-state index is -3.45. The largest absolute Gasteiger partial charge is 0.326 e. The van der Waals surface area contributed by atoms with E-state index in [0.29, 0.717) is 22.3 Å². The Morgan fingerprint density at radius 1 is 1.41 bits per heavy atom. The fraction of sp³-hybridized carbons (Fsp3) is 0.455. The molecule has 0 bridgehead atoms. The molecule has 0 aromatic heterocycles. The van der Waals surface area contributed by atoms with Crippen molar-refractivity contribution in [2.75, 3.05) is 6.54 Å². The van der Waals surface area contributed by atoms with E-state index in [4.69, 9.17) is 5.73 Å². The molecule has 0 radical (unpaired) electrons. The number of hydrogen-bond acceptors (Lipinski definition) is 3. The lowest BCUT2D eigenvalue weighted by molar-refractivity contribution is 0.393. The summed E-state index contributed by atoms with van der Waals surface area (Å²) in [5.74, 6) is 0. The normalized spacial score (nSPS) is 26.3. The van der Waals surface area contributed by atoms with E-state index in [1.165, 1.54) is 4.31 Å². The van der Waals surface area contributed by atoms with Gasteiger partial charge in [0.25, 0.3) is 0 Å². The van der Waals surface area contributed by atoms with E-state index in [0.717, 1.165) is 0 Å². The maximum Gasteiger partial charge on any atom is 0.244 e. The molecule has 0 spiro atoms. The number of nitrogens with zero attached hydrogens (tertiary/aromatic N) is 1. The van der Waals surface area contributed by atoms with Crippen LogP contribution in [-0.4, -0.2) is 31.4 Å². The molecular weight excluding hydrogens is 304 g/mol. The van der Waals surface area contributed by atoms with Gasteiger partial charge in [-0.25, -0.2) is 8.42 Å². The standard InChI is InChI=1S/C11H15BrN2O2S/c1-8-10(13)6-7-14(8)17(15,16)11-5-3-2-4-9(11)12/h2-5,8,10H,6-7,13H2,1H3. The number of halogens is 1. The van der Waals surface area contributed by atoms with Crippen molar-refractivity contribution in [3.05, 3.63) is 28.7 Å². The van der Waals surface area contributed by atoms with Crippen molar-refractivity contribution in [3.63, 3.8) is 0 Å². The van der Waals surface area contributed by atoms with Crippen LogP contribution in [0.4, 0.5) is 0 Å². The van der Waals surface area contributed by atoms with Crippen molar-refractivity contribution in [1.29, 1.82) is 0 Å². The molecule has 17 heavy (non-hydrogen) atoms. The molecule has 1 aliphatic heterocycles. The zero-order valence-electron chi connectivity index (χ0n) is 9.51. The smallest absolute Gasteiger partial charge is 0.244 e. The minimum Gasteiger partial charge on any atom is -0.326 e. The Morgan fingerprint density at radius 3 is 2.59 bits per heavy atom. The molecule has 2 rings (SSSR count). The Balaban J connectivity index is 2.41. The van der Waals surface area contributed by atoms with Crippen LogP contribution in [0.5, 0.6) is 0 Å². The molecule has 1 fully saturated rings. The first kappa shape index (κ1) is 13.0. The molecule has 2 unspecified atom stereocenters. The Morgan fingerprint density at radius 2 is 2.06 bits per heavy atom. The maximum atomic E-state index is 12.5. The van der Waals surface area contributed by atoms with Gasteiger partial charge < -0.3 is 5.73 Å². The van der Waals surface area contributed by atoms with Crippen molar-refractivity contribution < 1.29 is 8.42 Å². The van der Waals surface area contributed by atoms with Crippen molar-refractivity contribution in [2.45, 2.75) is 30.3 Å². The summed E-state index contributed by atoms with van der Waals surface area (Å²) in [6, 6.07) is 6.63. The molecule has 1 aromatic rings. The summed E-state index contributed by atoms with van der Waals surface area (Å²) < 4.78 is 27.0. The van der Waals surface area contributed by atoms with Crippen molar-refractivity contribution in [2.24, 2.45) is 5.73 Å². The molecule has 4 nitrogen and oxygen atoms in total. The van der Waals surface area contributed by atoms with Crippen LogP contribution in [0, 0.1) is 0 Å². The van der Waals surface area contributed by atoms with E-state index in [2.05, 4.69) is 15.9 Å². The first-order chi connectivity index (χ1) is 7.94. The monoisotopic (exact) mass is 318 g/mol. The predicted octanol–water partition coefficient (Wildman–Crippen LogP) is 1.56. The van der Waals surface area contributed by atoms with Gasteiger partial charge in [-0.3, -0.25) is 0 Å². The van der Waals surface area contributed by atoms with Gasteiger partial charge in [0.05, 0.1) is 4.90 Å². The van der Waals surface area contributed by atoms with E-state index < -0.39 is 10.0 Å². The number of hydrogen-bond donors (Lipinski definition) is 1. The second kappa shape index (κ2) is 4.68. The number of rotatable bonds is 2. The van der Waals surface area contributed by atoms with Crippen LogP contribution >= 0.6 is 15.9 Å². The summed E-state index contributed by atoms with van der Waals surface area (Å²) >= 11 is 3.28. The number of sulfonamides is 1. The molecule has 1 heterocycles. The van der Waals surface area contributed by atoms with Gasteiger partial charge in [-0.2, -0.15) is 4.31 Å². The van der Waals surface area contributed by atoms with Crippen LogP contribution in [0.15, 0.2) is 33.6 Å². The summed E-state index contributed by atoms with van der Waals surface area (Å²) in [6.45, 7) is 2.35. The predicted molar refractivity (Wildman–Crippen MR) is 70.1 cm³/mol. The second-order valence-electron chi connectivity index (χ2n) is 4.24. The van der Waals surface area contributed by atoms with Gasteiger partial charge in [0.15, 0.2) is 0 Å². The third kappa shape index (κ3) is 2.27. The molecule has 0 amide bonds. The van der Waals surface area contributed by atoms with Crippen LogP contribution in [0.1, 0.15) is 13.3 Å². The van der Waals surface area contributed by atoms with Crippen LogP contribution in [-0.2, 0) is 10.0 Å². The highest BCUT2D eigenvalue weighted by atomic mass is 79.9. The van der Waals surface area contributed by atoms with E-state index in [-0.39, 0.29) is 12.1 Å². The molecule has 6 heteroatoms. The zero-order valence-corrected chi connectivity index (χ0v) is 11.9. The quantitative estimate of drug-likeness (QED) is 0.900. The van der Waals surface area contributed by atoms with Crippen LogP contribution < -0.4 is 5.73 Å². The van der Waals surface area contributed by atoms with Gasteiger partial charge in [0.1, 0.15) is 0 Å². The third-order valence-electron chi connectivity index (χ3n) is 3.18. The van der Waals surface area contributed by atoms with Crippen molar-refractivity contribution >= 4 is 26.0 Å². The highest BCUT2D eigenvalue weighted by Gasteiger charge is 2.37. The lowest BCUT2D eigenvalue weighted by Crippen LogP contribution is -2.40. The molecule has 2 atom stereocenters. The van der Waals surface area contributed by atoms with E-state index >= 15 is 0 Å². The first-order valence-corrected chi connectivity index (χ1v) is 7.70. The zero-order chi connectivity index (χ0) is 12.6. The van der Waals surface area contributed by atoms with Gasteiger partial charge in [0, 0.05) is 23.1 Å². The van der Waals surface area contributed by atoms with Gasteiger partial charge in [-0.05, 0) is 41.4 Å². The maximum absolute atomic E-state index is 12.5. The highest BCUT2D eigenvalue weighted by molar-refractivity contribution is 9.10. The van der Waals surface area contributed by atoms with Crippen LogP contribution in [0.3, 0.4) is 0 Å². The SMILES string of the molecule is CC1C(N)CCN1S(=O)(=O)c1ccccc1Br. The highest BCUT2D eigenvalue weighted by Crippen LogP contribution is 2.29. The summed E-state index contributed by atoms with van der Waals surface area (Å²) in [4.78, 5) is 0.306. The van der Waals surface area contributed by atoms with E-state index in [1.54, 1.807) is 24.3 Å². The van der Waals surface area contributed by atoms with E-state index in [1.807, 2.05) is 6.92 Å². The molecule has 2 N–H and O–H groups in total. The fourth-order valence-electron chi connectivity index (χ4n) is 2.05. The van der Waals surface area contributed by atoms with Gasteiger partial charge >= 0.3 is 0 Å². The van der Waals surface area contributed by atoms with Crippen molar-refractivity contribution in [1.82, 2.24) is 4.31 Å². The summed E-state index contributed by atoms with van der Waals surface area (Å²) in [6.07, 6.45) is 0.713. The van der Waals surface area contributed by atoms with Crippen LogP contribution in [0.2, 0.25) is 0 Å². The fourth-order valence-corrected chi connectivity index (χ4v) is 4.71. The third-order valence-corrected chi connectivity index (χ3v) is 6.18. The molecule has 94 valence electrons. The molecule has 1 saturated heterocycles. The van der Waals surface area contributed by atoms with Crippen molar-refractivity contribution in [3.8, 4) is 0 Å². The number of nitrogens with two attached hydrogens (primary N) is 1. The van der Waals surface area contributed by atoms with Gasteiger partial charge in [0.2, 0.25) is 10.0 Å². The van der Waals surface area contributed by atoms with Gasteiger partial charge in [-0.15, -0.1) is 0 Å².